The molecule has 1 atom stereocenters. The van der Waals surface area contributed by atoms with Crippen molar-refractivity contribution in [3.05, 3.63) is 69.9 Å². The first kappa shape index (κ1) is 27.1. The third kappa shape index (κ3) is 6.67. The SMILES string of the molecule is Cc1ccc(C(=O)Nc2cc(C(F)(F)F)ccn2)cc1C#Cc1cnc(NC(=O)N2CCC(N(C)C)C2)s1. The summed E-state index contributed by atoms with van der Waals surface area (Å²) in [6.07, 6.45) is -1.08. The monoisotopic (exact) mass is 542 g/mol. The first-order chi connectivity index (χ1) is 18.0. The minimum Gasteiger partial charge on any atom is -0.323 e. The molecule has 12 heteroatoms. The largest absolute Gasteiger partial charge is 0.416 e. The first-order valence-corrected chi connectivity index (χ1v) is 12.5. The Morgan fingerprint density at radius 1 is 1.13 bits per heavy atom. The molecule has 0 spiro atoms. The van der Waals surface area contributed by atoms with Gasteiger partial charge < -0.3 is 15.1 Å². The van der Waals surface area contributed by atoms with E-state index in [4.69, 9.17) is 0 Å². The molecule has 198 valence electrons. The van der Waals surface area contributed by atoms with E-state index in [1.165, 1.54) is 11.3 Å². The average molecular weight is 543 g/mol. The smallest absolute Gasteiger partial charge is 0.323 e. The van der Waals surface area contributed by atoms with E-state index >= 15 is 0 Å². The van der Waals surface area contributed by atoms with Crippen molar-refractivity contribution in [2.45, 2.75) is 25.6 Å². The van der Waals surface area contributed by atoms with Crippen molar-refractivity contribution < 1.29 is 22.8 Å². The maximum absolute atomic E-state index is 12.9. The highest BCUT2D eigenvalue weighted by molar-refractivity contribution is 7.16. The van der Waals surface area contributed by atoms with Gasteiger partial charge in [0.25, 0.3) is 5.91 Å². The molecule has 3 aromatic rings. The Morgan fingerprint density at radius 3 is 2.63 bits per heavy atom. The number of alkyl halides is 3. The van der Waals surface area contributed by atoms with Crippen molar-refractivity contribution >= 4 is 34.2 Å². The molecule has 1 aliphatic heterocycles. The van der Waals surface area contributed by atoms with Gasteiger partial charge in [0.1, 0.15) is 5.82 Å². The summed E-state index contributed by atoms with van der Waals surface area (Å²) in [6, 6.07) is 6.56. The van der Waals surface area contributed by atoms with Gasteiger partial charge in [-0.1, -0.05) is 23.3 Å². The summed E-state index contributed by atoms with van der Waals surface area (Å²) in [5.74, 6) is 5.18. The van der Waals surface area contributed by atoms with Gasteiger partial charge in [-0.05, 0) is 63.2 Å². The number of carbonyl (C=O) groups excluding carboxylic acids is 2. The van der Waals surface area contributed by atoms with E-state index in [1.54, 1.807) is 29.3 Å². The van der Waals surface area contributed by atoms with E-state index in [0.29, 0.717) is 34.7 Å². The molecular formula is C26H25F3N6O2S. The zero-order valence-corrected chi connectivity index (χ0v) is 21.7. The highest BCUT2D eigenvalue weighted by atomic mass is 32.1. The summed E-state index contributed by atoms with van der Waals surface area (Å²) in [4.78, 5) is 37.7. The molecule has 2 N–H and O–H groups in total. The van der Waals surface area contributed by atoms with Crippen LogP contribution in [0.4, 0.5) is 28.9 Å². The second-order valence-electron chi connectivity index (χ2n) is 8.97. The van der Waals surface area contributed by atoms with Crippen LogP contribution in [0.25, 0.3) is 0 Å². The number of pyridine rings is 1. The Morgan fingerprint density at radius 2 is 1.92 bits per heavy atom. The van der Waals surface area contributed by atoms with Gasteiger partial charge in [0.05, 0.1) is 16.6 Å². The zero-order valence-electron chi connectivity index (χ0n) is 20.9. The molecule has 3 amide bonds. The molecule has 0 radical (unpaired) electrons. The molecule has 3 heterocycles. The minimum absolute atomic E-state index is 0.201. The Labute approximate surface area is 221 Å². The fraction of sp³-hybridized carbons (Fsp3) is 0.308. The number of urea groups is 1. The molecule has 1 unspecified atom stereocenters. The number of likely N-dealkylation sites (tertiary alicyclic amines) is 1. The maximum Gasteiger partial charge on any atom is 0.416 e. The minimum atomic E-state index is -4.54. The summed E-state index contributed by atoms with van der Waals surface area (Å²) in [7, 11) is 3.99. The molecule has 38 heavy (non-hydrogen) atoms. The zero-order chi connectivity index (χ0) is 27.4. The number of anilines is 2. The van der Waals surface area contributed by atoms with Crippen LogP contribution >= 0.6 is 11.3 Å². The number of hydrogen-bond donors (Lipinski definition) is 2. The van der Waals surface area contributed by atoms with Gasteiger partial charge in [0.15, 0.2) is 5.13 Å². The van der Waals surface area contributed by atoms with Gasteiger partial charge in [-0.15, -0.1) is 0 Å². The normalized spacial score (nSPS) is 15.2. The Hall–Kier alpha value is -3.95. The van der Waals surface area contributed by atoms with Crippen LogP contribution in [0.2, 0.25) is 0 Å². The van der Waals surface area contributed by atoms with Crippen molar-refractivity contribution in [2.75, 3.05) is 37.8 Å². The highest BCUT2D eigenvalue weighted by Gasteiger charge is 2.31. The lowest BCUT2D eigenvalue weighted by Crippen LogP contribution is -2.36. The van der Waals surface area contributed by atoms with E-state index in [-0.39, 0.29) is 17.4 Å². The molecule has 8 nitrogen and oxygen atoms in total. The predicted octanol–water partition coefficient (Wildman–Crippen LogP) is 4.69. The Kier molecular flexibility index (Phi) is 7.99. The van der Waals surface area contributed by atoms with Gasteiger partial charge in [-0.3, -0.25) is 10.1 Å². The van der Waals surface area contributed by atoms with E-state index in [9.17, 15) is 22.8 Å². The Balaban J connectivity index is 1.42. The van der Waals surface area contributed by atoms with E-state index in [2.05, 4.69) is 37.3 Å². The number of nitrogens with one attached hydrogen (secondary N) is 2. The number of benzene rings is 1. The van der Waals surface area contributed by atoms with Crippen LogP contribution in [0, 0.1) is 18.8 Å². The van der Waals surface area contributed by atoms with Crippen LogP contribution in [0.3, 0.4) is 0 Å². The first-order valence-electron chi connectivity index (χ1n) is 11.6. The van der Waals surface area contributed by atoms with Crippen LogP contribution in [-0.4, -0.2) is 64.9 Å². The second kappa shape index (κ2) is 11.2. The van der Waals surface area contributed by atoms with Crippen molar-refractivity contribution in [3.8, 4) is 11.8 Å². The van der Waals surface area contributed by atoms with Crippen molar-refractivity contribution in [3.63, 3.8) is 0 Å². The Bertz CT molecular complexity index is 1410. The van der Waals surface area contributed by atoms with E-state index in [0.717, 1.165) is 30.3 Å². The quantitative estimate of drug-likeness (QED) is 0.467. The number of halogens is 3. The van der Waals surface area contributed by atoms with Crippen LogP contribution in [0.15, 0.2) is 42.7 Å². The topological polar surface area (TPSA) is 90.5 Å². The number of nitrogens with zero attached hydrogens (tertiary/aromatic N) is 4. The van der Waals surface area contributed by atoms with Gasteiger partial charge >= 0.3 is 12.2 Å². The predicted molar refractivity (Wildman–Crippen MR) is 139 cm³/mol. The van der Waals surface area contributed by atoms with Gasteiger partial charge in [-0.2, -0.15) is 13.2 Å². The molecule has 1 fully saturated rings. The standard InChI is InChI=1S/C26H25F3N6O2S/c1-16-4-5-18(23(36)32-22-13-19(8-10-30-22)26(27,28)29)12-17(16)6-7-21-14-31-24(38-21)33-25(37)35-11-9-20(15-35)34(2)3/h4-5,8,10,12-14,20H,9,11,15H2,1-3H3,(H,30,32,36)(H,31,33,37). The van der Waals surface area contributed by atoms with Crippen LogP contribution in [-0.2, 0) is 6.18 Å². The number of hydrogen-bond acceptors (Lipinski definition) is 6. The lowest BCUT2D eigenvalue weighted by Gasteiger charge is -2.20. The number of aromatic nitrogens is 2. The van der Waals surface area contributed by atoms with E-state index < -0.39 is 17.6 Å². The third-order valence-electron chi connectivity index (χ3n) is 6.05. The third-order valence-corrected chi connectivity index (χ3v) is 6.88. The van der Waals surface area contributed by atoms with Crippen LogP contribution < -0.4 is 10.6 Å². The van der Waals surface area contributed by atoms with Gasteiger partial charge in [-0.25, -0.2) is 14.8 Å². The van der Waals surface area contributed by atoms with Crippen LogP contribution in [0.5, 0.6) is 0 Å². The lowest BCUT2D eigenvalue weighted by atomic mass is 10.0. The molecule has 0 bridgehead atoms. The fourth-order valence-corrected chi connectivity index (χ4v) is 4.46. The number of thiazole rings is 1. The average Bonchev–Trinajstić information content (AvgIpc) is 3.53. The second-order valence-corrected chi connectivity index (χ2v) is 10.0. The van der Waals surface area contributed by atoms with Crippen molar-refractivity contribution in [1.29, 1.82) is 0 Å². The molecule has 0 aliphatic carbocycles. The molecule has 2 aromatic heterocycles. The van der Waals surface area contributed by atoms with Crippen molar-refractivity contribution in [1.82, 2.24) is 19.8 Å². The summed E-state index contributed by atoms with van der Waals surface area (Å²) >= 11 is 1.23. The number of amides is 3. The molecule has 0 saturated carbocycles. The molecule has 1 aliphatic rings. The number of carbonyl (C=O) groups is 2. The van der Waals surface area contributed by atoms with Crippen LogP contribution in [0.1, 0.15) is 38.3 Å². The number of aryl methyl sites for hydroxylation is 1. The van der Waals surface area contributed by atoms with Gasteiger partial charge in [0, 0.05) is 36.5 Å². The highest BCUT2D eigenvalue weighted by Crippen LogP contribution is 2.30. The summed E-state index contributed by atoms with van der Waals surface area (Å²) < 4.78 is 38.8. The summed E-state index contributed by atoms with van der Waals surface area (Å²) in [6.45, 7) is 3.17. The molecule has 4 rings (SSSR count). The molecular weight excluding hydrogens is 517 g/mol. The fourth-order valence-electron chi connectivity index (χ4n) is 3.80. The lowest BCUT2D eigenvalue weighted by molar-refractivity contribution is -0.137. The summed E-state index contributed by atoms with van der Waals surface area (Å²) in [5.41, 5.74) is 0.698. The van der Waals surface area contributed by atoms with E-state index in [1.807, 2.05) is 21.0 Å². The maximum atomic E-state index is 12.9. The number of likely N-dealkylation sites (N-methyl/N-ethyl adjacent to an activating group) is 1. The number of rotatable bonds is 4. The molecule has 1 aromatic carbocycles. The van der Waals surface area contributed by atoms with Crippen molar-refractivity contribution in [2.24, 2.45) is 0 Å². The summed E-state index contributed by atoms with van der Waals surface area (Å²) in [5, 5.41) is 5.64. The van der Waals surface area contributed by atoms with Gasteiger partial charge in [0.2, 0.25) is 0 Å². The molecule has 1 saturated heterocycles.